The van der Waals surface area contributed by atoms with E-state index >= 15 is 0 Å². The number of hydrogen-bond donors (Lipinski definition) is 0. The maximum absolute atomic E-state index is 11.3. The molecule has 0 aromatic heterocycles. The molecule has 4 N–H and O–H groups in total. The second-order valence-corrected chi connectivity index (χ2v) is 11.1. The predicted molar refractivity (Wildman–Crippen MR) is 180 cm³/mol. The maximum atomic E-state index is 11.3. The van der Waals surface area contributed by atoms with Crippen LogP contribution in [0, 0.1) is 0 Å². The first-order valence-electron chi connectivity index (χ1n) is 15.2. The summed E-state index contributed by atoms with van der Waals surface area (Å²) in [5, 5.41) is 0. The summed E-state index contributed by atoms with van der Waals surface area (Å²) in [5.74, 6) is 0.478. The summed E-state index contributed by atoms with van der Waals surface area (Å²) in [4.78, 5) is 26.3. The molecule has 2 amide bonds. The number of rotatable bonds is 10. The van der Waals surface area contributed by atoms with E-state index in [1.54, 1.807) is 0 Å². The zero-order valence-electron chi connectivity index (χ0n) is 26.3. The van der Waals surface area contributed by atoms with Crippen molar-refractivity contribution in [3.63, 3.8) is 0 Å². The number of amides is 2. The van der Waals surface area contributed by atoms with Crippen LogP contribution >= 0.6 is 0 Å². The van der Waals surface area contributed by atoms with Gasteiger partial charge in [0.25, 0.3) is 0 Å². The molecule has 0 aliphatic carbocycles. The van der Waals surface area contributed by atoms with Gasteiger partial charge in [-0.15, -0.1) is 0 Å². The fourth-order valence-corrected chi connectivity index (χ4v) is 6.45. The van der Waals surface area contributed by atoms with Gasteiger partial charge in [0.05, 0.1) is 13.2 Å². The summed E-state index contributed by atoms with van der Waals surface area (Å²) in [6.07, 6.45) is 2.10. The average Bonchev–Trinajstić information content (AvgIpc) is 3.66. The molecule has 0 atom stereocenters. The van der Waals surface area contributed by atoms with Gasteiger partial charge in [-0.05, 0) is 12.8 Å². The zero-order chi connectivity index (χ0) is 29.0. The third-order valence-electron chi connectivity index (χ3n) is 8.55. The largest absolute Gasteiger partial charge is 1.00 e. The Kier molecular flexibility index (Phi) is 16.3. The molecule has 0 spiro atoms. The van der Waals surface area contributed by atoms with Crippen LogP contribution in [0.1, 0.15) is 25.7 Å². The summed E-state index contributed by atoms with van der Waals surface area (Å²) in [7, 11) is 0. The summed E-state index contributed by atoms with van der Waals surface area (Å²) in [6.45, 7) is 4.26. The number of carbonyl (C=O) groups excluding carboxylic acids is 2. The Labute approximate surface area is 289 Å². The first-order valence-corrected chi connectivity index (χ1v) is 15.2. The van der Waals surface area contributed by atoms with Gasteiger partial charge in [-0.3, -0.25) is 9.59 Å². The van der Waals surface area contributed by atoms with Crippen LogP contribution in [-0.4, -0.2) is 78.1 Å². The van der Waals surface area contributed by atoms with Crippen molar-refractivity contribution in [2.24, 2.45) is 0 Å². The fraction of sp³-hybridized carbons (Fsp3) is 0.278. The van der Waals surface area contributed by atoms with Gasteiger partial charge < -0.3 is 25.5 Å². The third kappa shape index (κ3) is 9.39. The first kappa shape index (κ1) is 37.9. The molecule has 2 fully saturated rings. The molecule has 0 unspecified atom stereocenters. The quantitative estimate of drug-likeness (QED) is 0.162. The molecular formula is C36H44BN2NaO5. The van der Waals surface area contributed by atoms with Gasteiger partial charge in [-0.25, -0.2) is 0 Å². The average molecular weight is 619 g/mol. The zero-order valence-corrected chi connectivity index (χ0v) is 28.3. The number of ether oxygens (including phenoxy) is 1. The van der Waals surface area contributed by atoms with E-state index < -0.39 is 6.15 Å². The van der Waals surface area contributed by atoms with Crippen molar-refractivity contribution in [1.82, 2.24) is 9.80 Å². The van der Waals surface area contributed by atoms with Gasteiger partial charge in [0.2, 0.25) is 11.8 Å². The predicted octanol–water partition coefficient (Wildman–Crippen LogP) is -1.33. The third-order valence-corrected chi connectivity index (χ3v) is 8.55. The van der Waals surface area contributed by atoms with Crippen LogP contribution in [0.3, 0.4) is 0 Å². The van der Waals surface area contributed by atoms with Crippen molar-refractivity contribution in [2.45, 2.75) is 25.7 Å². The van der Waals surface area contributed by atoms with Crippen molar-refractivity contribution in [3.05, 3.63) is 121 Å². The van der Waals surface area contributed by atoms with Crippen LogP contribution in [-0.2, 0) is 14.3 Å². The molecule has 0 saturated carbocycles. The minimum atomic E-state index is -1.22. The number of likely N-dealkylation sites (tertiary alicyclic amines) is 2. The minimum absolute atomic E-state index is 0. The topological polar surface area (TPSA) is 113 Å². The van der Waals surface area contributed by atoms with Crippen LogP contribution < -0.4 is 51.4 Å². The van der Waals surface area contributed by atoms with Crippen molar-refractivity contribution in [1.29, 1.82) is 0 Å². The van der Waals surface area contributed by atoms with Crippen molar-refractivity contribution >= 4 is 39.8 Å². The number of benzene rings is 4. The SMILES string of the molecule is O.O.O=C1CCCN1CCOCCN1CCCC1=O.[Na+].c1ccc([B-](c2ccccc2)(c2ccccc2)c2ccccc2)cc1. The van der Waals surface area contributed by atoms with E-state index in [9.17, 15) is 9.59 Å². The van der Waals surface area contributed by atoms with Crippen molar-refractivity contribution in [3.8, 4) is 0 Å². The van der Waals surface area contributed by atoms with E-state index in [0.29, 0.717) is 39.1 Å². The molecule has 2 heterocycles. The molecule has 7 nitrogen and oxygen atoms in total. The fourth-order valence-electron chi connectivity index (χ4n) is 6.45. The summed E-state index contributed by atoms with van der Waals surface area (Å²) in [6, 6.07) is 43.5. The number of carbonyl (C=O) groups is 2. The van der Waals surface area contributed by atoms with Crippen molar-refractivity contribution in [2.75, 3.05) is 39.4 Å². The molecule has 0 radical (unpaired) electrons. The van der Waals surface area contributed by atoms with Gasteiger partial charge in [0, 0.05) is 39.0 Å². The monoisotopic (exact) mass is 618 g/mol. The Balaban J connectivity index is 0.000000313. The van der Waals surface area contributed by atoms with Crippen LogP contribution in [0.5, 0.6) is 0 Å². The van der Waals surface area contributed by atoms with Crippen LogP contribution in [0.2, 0.25) is 0 Å². The maximum Gasteiger partial charge on any atom is 1.00 e. The van der Waals surface area contributed by atoms with E-state index in [-0.39, 0.29) is 52.3 Å². The Morgan fingerprint density at radius 2 is 0.800 bits per heavy atom. The second-order valence-electron chi connectivity index (χ2n) is 11.1. The van der Waals surface area contributed by atoms with Crippen LogP contribution in [0.25, 0.3) is 0 Å². The summed E-state index contributed by atoms with van der Waals surface area (Å²) in [5.41, 5.74) is 5.36. The normalized spacial score (nSPS) is 14.0. The van der Waals surface area contributed by atoms with E-state index in [1.165, 1.54) is 21.9 Å². The van der Waals surface area contributed by atoms with Gasteiger partial charge in [-0.2, -0.15) is 21.9 Å². The Morgan fingerprint density at radius 1 is 0.511 bits per heavy atom. The Bertz CT molecular complexity index is 1220. The van der Waals surface area contributed by atoms with Crippen LogP contribution in [0.4, 0.5) is 0 Å². The van der Waals surface area contributed by atoms with Gasteiger partial charge >= 0.3 is 29.6 Å². The molecule has 4 aromatic carbocycles. The molecule has 9 heteroatoms. The molecule has 4 aromatic rings. The molecule has 0 bridgehead atoms. The van der Waals surface area contributed by atoms with Gasteiger partial charge in [-0.1, -0.05) is 121 Å². The second kappa shape index (κ2) is 19.3. The summed E-state index contributed by atoms with van der Waals surface area (Å²) >= 11 is 0. The Hall–Kier alpha value is -3.24. The van der Waals surface area contributed by atoms with E-state index in [0.717, 1.165) is 25.9 Å². The van der Waals surface area contributed by atoms with E-state index in [1.807, 2.05) is 9.80 Å². The number of nitrogens with zero attached hydrogens (tertiary/aromatic N) is 2. The minimum Gasteiger partial charge on any atom is -0.412 e. The van der Waals surface area contributed by atoms with E-state index in [4.69, 9.17) is 4.74 Å². The Morgan fingerprint density at radius 3 is 1.04 bits per heavy atom. The molecule has 232 valence electrons. The molecule has 45 heavy (non-hydrogen) atoms. The van der Waals surface area contributed by atoms with Gasteiger partial charge in [0.15, 0.2) is 0 Å². The molecule has 2 aliphatic heterocycles. The molecule has 2 saturated heterocycles. The van der Waals surface area contributed by atoms with Gasteiger partial charge in [0.1, 0.15) is 6.15 Å². The number of hydrogen-bond acceptors (Lipinski definition) is 3. The molecular weight excluding hydrogens is 574 g/mol. The molecule has 6 rings (SSSR count). The standard InChI is InChI=1S/C24H20B.C12H20N2O3.Na.2H2O/c1-5-13-21(14-6-1)25(22-15-7-2-8-16-22,23-17-9-3-10-18-23)24-19-11-4-12-20-24;15-11-3-1-5-13(11)7-9-17-10-8-14-6-2-4-12(14)16;;;/h1-20H;1-10H2;;2*1H2/q-1;;+1;;. The van der Waals surface area contributed by atoms with E-state index in [2.05, 4.69) is 121 Å². The summed E-state index contributed by atoms with van der Waals surface area (Å²) < 4.78 is 5.47. The first-order chi connectivity index (χ1) is 20.7. The van der Waals surface area contributed by atoms with Crippen LogP contribution in [0.15, 0.2) is 121 Å². The molecule has 2 aliphatic rings. The smallest absolute Gasteiger partial charge is 0.412 e. The van der Waals surface area contributed by atoms with Crippen molar-refractivity contribution < 1.29 is 54.8 Å².